The Hall–Kier alpha value is -1.25. The highest BCUT2D eigenvalue weighted by Crippen LogP contribution is 2.29. The van der Waals surface area contributed by atoms with Crippen molar-refractivity contribution in [3.05, 3.63) is 51.3 Å². The summed E-state index contributed by atoms with van der Waals surface area (Å²) in [5.74, 6) is -0.324. The Morgan fingerprint density at radius 3 is 2.63 bits per heavy atom. The molecule has 0 radical (unpaired) electrons. The average molecular weight is 375 g/mol. The van der Waals surface area contributed by atoms with E-state index in [9.17, 15) is 14.4 Å². The maximum Gasteiger partial charge on any atom is 0.244 e. The van der Waals surface area contributed by atoms with Gasteiger partial charge in [-0.15, -0.1) is 4.65 Å². The third-order valence-electron chi connectivity index (χ3n) is 2.89. The van der Waals surface area contributed by atoms with Crippen LogP contribution in [-0.4, -0.2) is 22.7 Å². The minimum absolute atomic E-state index is 0.230. The molecule has 0 aromatic heterocycles. The van der Waals surface area contributed by atoms with Crippen molar-refractivity contribution >= 4 is 34.1 Å². The zero-order chi connectivity index (χ0) is 14.2. The summed E-state index contributed by atoms with van der Waals surface area (Å²) in [4.78, 5) is 11.4. The predicted molar refractivity (Wildman–Crippen MR) is 77.6 cm³/mol. The molecule has 0 fully saturated rings. The van der Waals surface area contributed by atoms with Gasteiger partial charge in [0.05, 0.1) is 5.69 Å². The van der Waals surface area contributed by atoms with Gasteiger partial charge in [-0.25, -0.2) is 9.60 Å². The summed E-state index contributed by atoms with van der Waals surface area (Å²) in [6.45, 7) is 1.38. The number of Topliss-reactive ketones (excluding diaryl/α,β-unsaturated/α-hetero) is 1. The zero-order valence-electron chi connectivity index (χ0n) is 10.4. The Bertz CT molecular complexity index is 609. The second-order valence-electron chi connectivity index (χ2n) is 4.37. The molecule has 0 saturated heterocycles. The van der Waals surface area contributed by atoms with E-state index in [0.717, 1.165) is 3.57 Å². The van der Waals surface area contributed by atoms with Crippen LogP contribution in [0.2, 0.25) is 0 Å². The van der Waals surface area contributed by atoms with Crippen molar-refractivity contribution in [2.45, 2.75) is 6.92 Å². The lowest BCUT2D eigenvalue weighted by Gasteiger charge is -2.24. The number of allylic oxidation sites excluding steroid dienone is 3. The second kappa shape index (κ2) is 5.03. The van der Waals surface area contributed by atoms with Gasteiger partial charge >= 0.3 is 0 Å². The molecule has 0 spiro atoms. The number of ketones is 1. The fourth-order valence-electron chi connectivity index (χ4n) is 1.88. The van der Waals surface area contributed by atoms with E-state index in [4.69, 9.17) is 0 Å². The van der Waals surface area contributed by atoms with E-state index >= 15 is 0 Å². The van der Waals surface area contributed by atoms with Crippen molar-refractivity contribution in [3.8, 4) is 0 Å². The summed E-state index contributed by atoms with van der Waals surface area (Å²) >= 11 is 2.01. The molecule has 6 heteroatoms. The molecule has 1 unspecified atom stereocenters. The Kier molecular flexibility index (Phi) is 3.75. The highest BCUT2D eigenvalue weighted by Gasteiger charge is 2.39. The molecule has 2 N–H and O–H groups in total. The van der Waals surface area contributed by atoms with Gasteiger partial charge in [-0.05, 0) is 40.8 Å². The smallest absolute Gasteiger partial charge is 0.244 e. The number of anilines is 1. The fourth-order valence-corrected chi connectivity index (χ4v) is 2.33. The molecule has 0 amide bonds. The van der Waals surface area contributed by atoms with Gasteiger partial charge in [0.25, 0.3) is 0 Å². The van der Waals surface area contributed by atoms with Gasteiger partial charge in [0.1, 0.15) is 12.9 Å². The zero-order valence-corrected chi connectivity index (χ0v) is 12.6. The van der Waals surface area contributed by atoms with Crippen molar-refractivity contribution in [1.29, 1.82) is 0 Å². The largest absolute Gasteiger partial charge is 0.305 e. The molecule has 0 bridgehead atoms. The number of carbonyl (C=O) groups is 1. The number of rotatable bonds is 3. The average Bonchev–Trinajstić information content (AvgIpc) is 2.58. The van der Waals surface area contributed by atoms with Crippen LogP contribution in [0.5, 0.6) is 0 Å². The van der Waals surface area contributed by atoms with Crippen LogP contribution in [0.4, 0.5) is 10.1 Å². The molecule has 1 aliphatic rings. The molecule has 1 aromatic rings. The number of nitrogens with one attached hydrogen (secondary N) is 1. The molecule has 1 heterocycles. The molecule has 100 valence electrons. The van der Waals surface area contributed by atoms with E-state index < -0.39 is 10.5 Å². The fraction of sp³-hybridized carbons (Fsp3) is 0.154. The Labute approximate surface area is 123 Å². The number of hydrogen-bond acceptors (Lipinski definition) is 3. The van der Waals surface area contributed by atoms with E-state index in [2.05, 4.69) is 5.32 Å². The predicted octanol–water partition coefficient (Wildman–Crippen LogP) is 3.01. The molecular formula is C13H13FIN2O2+. The molecule has 2 rings (SSSR count). The monoisotopic (exact) mass is 375 g/mol. The van der Waals surface area contributed by atoms with Gasteiger partial charge in [-0.3, -0.25) is 4.79 Å². The van der Waals surface area contributed by atoms with Gasteiger partial charge in [0.2, 0.25) is 17.3 Å². The van der Waals surface area contributed by atoms with Crippen molar-refractivity contribution < 1.29 is 19.0 Å². The number of likely N-dealkylation sites (N-methyl/N-ethyl adjacent to an activating group) is 1. The number of carbonyl (C=O) groups excluding carboxylic acids is 1. The number of halogens is 2. The maximum atomic E-state index is 13.7. The van der Waals surface area contributed by atoms with E-state index in [1.165, 1.54) is 26.1 Å². The summed E-state index contributed by atoms with van der Waals surface area (Å²) in [5, 5.41) is 13.1. The highest BCUT2D eigenvalue weighted by atomic mass is 127. The van der Waals surface area contributed by atoms with Crippen molar-refractivity contribution in [1.82, 2.24) is 0 Å². The van der Waals surface area contributed by atoms with Gasteiger partial charge < -0.3 is 5.32 Å². The van der Waals surface area contributed by atoms with E-state index in [1.54, 1.807) is 18.2 Å². The molecule has 4 nitrogen and oxygen atoms in total. The van der Waals surface area contributed by atoms with E-state index in [0.29, 0.717) is 5.82 Å². The van der Waals surface area contributed by atoms with Crippen LogP contribution in [0.25, 0.3) is 0 Å². The third-order valence-corrected chi connectivity index (χ3v) is 3.56. The first-order chi connectivity index (χ1) is 8.82. The summed E-state index contributed by atoms with van der Waals surface area (Å²) in [5.41, 5.74) is 0.483. The standard InChI is InChI=1S/C13H12FIN2O2/c1-8(18)12-5-6-13(17(12,2)19)16-11-4-3-9(15)7-10(11)14/h3-7,19H,1-2H3/p+1. The second-order valence-corrected chi connectivity index (χ2v) is 5.61. The number of hydrogen-bond donors (Lipinski definition) is 2. The lowest BCUT2D eigenvalue weighted by Crippen LogP contribution is -2.41. The number of nitrogens with zero attached hydrogens (tertiary/aromatic N) is 1. The lowest BCUT2D eigenvalue weighted by molar-refractivity contribution is -1.02. The van der Waals surface area contributed by atoms with Gasteiger partial charge in [-0.2, -0.15) is 0 Å². The first kappa shape index (κ1) is 14.2. The maximum absolute atomic E-state index is 13.7. The van der Waals surface area contributed by atoms with Crippen LogP contribution >= 0.6 is 22.6 Å². The van der Waals surface area contributed by atoms with Crippen LogP contribution in [0, 0.1) is 9.39 Å². The summed E-state index contributed by atoms with van der Waals surface area (Å²) < 4.78 is 13.8. The normalized spacial score (nSPS) is 21.9. The van der Waals surface area contributed by atoms with Crippen LogP contribution in [0.15, 0.2) is 41.9 Å². The Morgan fingerprint density at radius 2 is 2.11 bits per heavy atom. The van der Waals surface area contributed by atoms with E-state index in [-0.39, 0.29) is 17.2 Å². The molecule has 1 aromatic carbocycles. The molecule has 0 aliphatic carbocycles. The van der Waals surface area contributed by atoms with Crippen molar-refractivity contribution in [3.63, 3.8) is 0 Å². The SMILES string of the molecule is CC(=O)C1=CC=C(Nc2ccc(I)cc2F)[N+]1(C)O. The van der Waals surface area contributed by atoms with Gasteiger partial charge in [-0.1, -0.05) is 0 Å². The summed E-state index contributed by atoms with van der Waals surface area (Å²) in [6, 6.07) is 4.73. The third kappa shape index (κ3) is 2.70. The topological polar surface area (TPSA) is 49.3 Å². The first-order valence-corrected chi connectivity index (χ1v) is 6.65. The molecule has 19 heavy (non-hydrogen) atoms. The minimum atomic E-state index is -0.708. The summed E-state index contributed by atoms with van der Waals surface area (Å²) in [7, 11) is 1.45. The Balaban J connectivity index is 2.25. The summed E-state index contributed by atoms with van der Waals surface area (Å²) in [6.07, 6.45) is 3.09. The first-order valence-electron chi connectivity index (χ1n) is 5.58. The van der Waals surface area contributed by atoms with E-state index in [1.807, 2.05) is 22.6 Å². The number of quaternary nitrogens is 1. The van der Waals surface area contributed by atoms with Crippen LogP contribution < -0.4 is 5.32 Å². The van der Waals surface area contributed by atoms with Gasteiger partial charge in [0, 0.05) is 22.6 Å². The quantitative estimate of drug-likeness (QED) is 0.631. The highest BCUT2D eigenvalue weighted by molar-refractivity contribution is 14.1. The van der Waals surface area contributed by atoms with Gasteiger partial charge in [0.15, 0.2) is 0 Å². The van der Waals surface area contributed by atoms with Crippen LogP contribution in [-0.2, 0) is 4.79 Å². The number of benzene rings is 1. The molecule has 1 atom stereocenters. The lowest BCUT2D eigenvalue weighted by atomic mass is 10.3. The minimum Gasteiger partial charge on any atom is -0.305 e. The number of hydroxylamine groups is 3. The van der Waals surface area contributed by atoms with Crippen molar-refractivity contribution in [2.75, 3.05) is 12.4 Å². The Morgan fingerprint density at radius 1 is 1.42 bits per heavy atom. The molecule has 0 saturated carbocycles. The van der Waals surface area contributed by atoms with Crippen LogP contribution in [0.1, 0.15) is 6.92 Å². The molecular weight excluding hydrogens is 362 g/mol. The molecule has 1 aliphatic heterocycles. The van der Waals surface area contributed by atoms with Crippen molar-refractivity contribution in [2.24, 2.45) is 0 Å². The van der Waals surface area contributed by atoms with Crippen LogP contribution in [0.3, 0.4) is 0 Å².